The summed E-state index contributed by atoms with van der Waals surface area (Å²) in [5.41, 5.74) is 19.4. The van der Waals surface area contributed by atoms with Gasteiger partial charge in [-0.05, 0) is 158 Å². The number of carbonyl (C=O) groups is 3. The van der Waals surface area contributed by atoms with Gasteiger partial charge in [0.15, 0.2) is 0 Å². The van der Waals surface area contributed by atoms with E-state index in [1.807, 2.05) is 13.8 Å². The first-order valence-corrected chi connectivity index (χ1v) is 16.8. The number of benzene rings is 2. The number of hydrazine groups is 1. The van der Waals surface area contributed by atoms with E-state index in [-0.39, 0.29) is 5.56 Å². The van der Waals surface area contributed by atoms with E-state index >= 15 is 0 Å². The minimum Gasteiger partial charge on any atom is -0.428 e. The highest BCUT2D eigenvalue weighted by Crippen LogP contribution is 2.23. The molecule has 0 spiro atoms. The minimum atomic E-state index is -1.00. The Hall–Kier alpha value is -4.71. The lowest BCUT2D eigenvalue weighted by atomic mass is 9.94. The van der Waals surface area contributed by atoms with Gasteiger partial charge in [-0.1, -0.05) is 12.1 Å². The van der Waals surface area contributed by atoms with Crippen molar-refractivity contribution in [1.29, 1.82) is 0 Å². The van der Waals surface area contributed by atoms with Crippen LogP contribution in [0.1, 0.15) is 94.5 Å². The van der Waals surface area contributed by atoms with Gasteiger partial charge in [-0.15, -0.1) is 0 Å². The molecule has 11 heteroatoms. The zero-order valence-corrected chi connectivity index (χ0v) is 32.6. The molecule has 0 saturated heterocycles. The highest BCUT2D eigenvalue weighted by Gasteiger charge is 2.26. The molecule has 2 aliphatic rings. The molecule has 3 heterocycles. The number of rotatable bonds is 4. The molecule has 2 aromatic carbocycles. The topological polar surface area (TPSA) is 163 Å². The van der Waals surface area contributed by atoms with Crippen molar-refractivity contribution in [1.82, 2.24) is 15.2 Å². The Bertz CT molecular complexity index is 1950. The molecule has 1 aromatic heterocycles. The van der Waals surface area contributed by atoms with Gasteiger partial charge in [0.05, 0.1) is 12.7 Å². The maximum absolute atomic E-state index is 12.2. The molecule has 0 amide bonds. The van der Waals surface area contributed by atoms with Crippen LogP contribution in [-0.2, 0) is 36.9 Å². The normalized spacial score (nSPS) is 15.1. The number of aliphatic hydroxyl groups is 1. The number of aryl methyl sites for hydroxylation is 3. The maximum atomic E-state index is 12.2. The summed E-state index contributed by atoms with van der Waals surface area (Å²) in [5, 5.41) is 13.1. The first-order valence-electron chi connectivity index (χ1n) is 16.8. The lowest BCUT2D eigenvalue weighted by Gasteiger charge is -2.15. The molecule has 0 radical (unpaired) electrons. The van der Waals surface area contributed by atoms with Crippen LogP contribution in [0, 0.1) is 69.2 Å². The first-order chi connectivity index (χ1) is 23.7. The van der Waals surface area contributed by atoms with Crippen molar-refractivity contribution in [2.45, 2.75) is 116 Å². The highest BCUT2D eigenvalue weighted by molar-refractivity contribution is 6.11. The van der Waals surface area contributed by atoms with E-state index in [0.717, 1.165) is 17.7 Å². The smallest absolute Gasteiger partial charge is 0.342 e. The first kappa shape index (κ1) is 42.5. The standard InChI is InChI=1S/C17H22N2O.C11H18N2.C6H8O3.C6H6O3/c1-10-7-16(15(6)14(5)12(10)3)9-19-17(20)13(4)11(2)8-18-19;1-7-5-11(6-13-12)10(4)9(3)8(7)2;2*1-3-4(2)6(8)9-5(3)7/h7-8H,9H2,1-6H3;5,13H,6,12H2,1-4H3;5,7H,1-2H3;1-2H3. The summed E-state index contributed by atoms with van der Waals surface area (Å²) >= 11 is 0. The maximum Gasteiger partial charge on any atom is 0.342 e. The molecular weight excluding hydrogens is 648 g/mol. The van der Waals surface area contributed by atoms with Crippen LogP contribution in [0.25, 0.3) is 0 Å². The molecule has 11 nitrogen and oxygen atoms in total. The summed E-state index contributed by atoms with van der Waals surface area (Å²) in [5.74, 6) is 3.87. The molecule has 0 bridgehead atoms. The number of hydrogen-bond acceptors (Lipinski definition) is 10. The summed E-state index contributed by atoms with van der Waals surface area (Å²) < 4.78 is 10.2. The Morgan fingerprint density at radius 1 is 0.647 bits per heavy atom. The van der Waals surface area contributed by atoms with Gasteiger partial charge in [-0.25, -0.2) is 19.1 Å². The van der Waals surface area contributed by atoms with Gasteiger partial charge in [0, 0.05) is 34.4 Å². The molecule has 0 aliphatic carbocycles. The van der Waals surface area contributed by atoms with Crippen LogP contribution in [0.15, 0.2) is 45.4 Å². The Morgan fingerprint density at radius 2 is 1.12 bits per heavy atom. The van der Waals surface area contributed by atoms with E-state index in [2.05, 4.69) is 87.5 Å². The molecular formula is C40H54N4O7. The predicted octanol–water partition coefficient (Wildman–Crippen LogP) is 5.63. The average Bonchev–Trinajstić information content (AvgIpc) is 3.45. The van der Waals surface area contributed by atoms with Gasteiger partial charge >= 0.3 is 17.9 Å². The van der Waals surface area contributed by atoms with Crippen molar-refractivity contribution in [2.24, 2.45) is 5.84 Å². The molecule has 2 aliphatic heterocycles. The number of carbonyl (C=O) groups excluding carboxylic acids is 3. The number of nitrogens with one attached hydrogen (secondary N) is 1. The van der Waals surface area contributed by atoms with Crippen molar-refractivity contribution in [2.75, 3.05) is 0 Å². The zero-order valence-electron chi connectivity index (χ0n) is 32.6. The second-order valence-corrected chi connectivity index (χ2v) is 13.2. The van der Waals surface area contributed by atoms with E-state index in [4.69, 9.17) is 10.9 Å². The molecule has 1 atom stereocenters. The van der Waals surface area contributed by atoms with Crippen molar-refractivity contribution >= 4 is 17.9 Å². The van der Waals surface area contributed by atoms with E-state index in [9.17, 15) is 19.2 Å². The Kier molecular flexibility index (Phi) is 15.0. The minimum absolute atomic E-state index is 0.000260. The zero-order chi connectivity index (χ0) is 39.1. The number of aromatic nitrogens is 2. The Balaban J connectivity index is 0.000000251. The molecule has 51 heavy (non-hydrogen) atoms. The van der Waals surface area contributed by atoms with E-state index in [0.29, 0.717) is 28.8 Å². The number of nitrogens with zero attached hydrogens (tertiary/aromatic N) is 2. The third-order valence-corrected chi connectivity index (χ3v) is 10.2. The van der Waals surface area contributed by atoms with E-state index < -0.39 is 24.2 Å². The van der Waals surface area contributed by atoms with Crippen LogP contribution in [0.2, 0.25) is 0 Å². The van der Waals surface area contributed by atoms with Crippen molar-refractivity contribution < 1.29 is 29.0 Å². The van der Waals surface area contributed by atoms with Crippen LogP contribution >= 0.6 is 0 Å². The highest BCUT2D eigenvalue weighted by atomic mass is 16.6. The fraction of sp³-hybridized carbons (Fsp3) is 0.425. The predicted molar refractivity (Wildman–Crippen MR) is 199 cm³/mol. The number of hydrogen-bond donors (Lipinski definition) is 3. The van der Waals surface area contributed by atoms with E-state index in [1.54, 1.807) is 38.6 Å². The Morgan fingerprint density at radius 3 is 1.49 bits per heavy atom. The van der Waals surface area contributed by atoms with Gasteiger partial charge < -0.3 is 14.6 Å². The fourth-order valence-corrected chi connectivity index (χ4v) is 5.16. The molecule has 1 unspecified atom stereocenters. The SMILES string of the molecule is CC1=C(C)C(=O)OC1=O.CC1=C(C)C(O)OC1=O.Cc1cc(CNN)c(C)c(C)c1C.Cc1cc(Cn2ncc(C)c(C)c2=O)c(C)c(C)c1C. The van der Waals surface area contributed by atoms with Crippen LogP contribution in [-0.4, -0.2) is 39.1 Å². The summed E-state index contributed by atoms with van der Waals surface area (Å²) in [6.45, 7) is 28.6. The van der Waals surface area contributed by atoms with Crippen LogP contribution in [0.5, 0.6) is 0 Å². The number of ether oxygens (including phenoxy) is 2. The van der Waals surface area contributed by atoms with Crippen LogP contribution < -0.4 is 16.8 Å². The van der Waals surface area contributed by atoms with Gasteiger partial charge in [0.1, 0.15) is 0 Å². The van der Waals surface area contributed by atoms with Gasteiger partial charge in [0.2, 0.25) is 6.29 Å². The second-order valence-electron chi connectivity index (χ2n) is 13.2. The Labute approximate surface area is 301 Å². The number of cyclic esters (lactones) is 3. The number of esters is 3. The van der Waals surface area contributed by atoms with Crippen molar-refractivity contribution in [3.8, 4) is 0 Å². The van der Waals surface area contributed by atoms with Crippen LogP contribution in [0.4, 0.5) is 0 Å². The van der Waals surface area contributed by atoms with E-state index in [1.165, 1.54) is 55.6 Å². The largest absolute Gasteiger partial charge is 0.428 e. The third kappa shape index (κ3) is 10.2. The van der Waals surface area contributed by atoms with Crippen LogP contribution in [0.3, 0.4) is 0 Å². The summed E-state index contributed by atoms with van der Waals surface area (Å²) in [4.78, 5) is 43.8. The molecule has 3 aromatic rings. The molecule has 276 valence electrons. The third-order valence-electron chi connectivity index (χ3n) is 10.2. The summed E-state index contributed by atoms with van der Waals surface area (Å²) in [6.07, 6.45) is 0.762. The van der Waals surface area contributed by atoms with Gasteiger partial charge in [0.25, 0.3) is 5.56 Å². The lowest BCUT2D eigenvalue weighted by Crippen LogP contribution is -2.26. The van der Waals surface area contributed by atoms with Gasteiger partial charge in [-0.2, -0.15) is 5.10 Å². The van der Waals surface area contributed by atoms with Crippen molar-refractivity contribution in [3.63, 3.8) is 0 Å². The van der Waals surface area contributed by atoms with Gasteiger partial charge in [-0.3, -0.25) is 16.1 Å². The molecule has 4 N–H and O–H groups in total. The number of aliphatic hydroxyl groups excluding tert-OH is 1. The van der Waals surface area contributed by atoms with Crippen molar-refractivity contribution in [3.05, 3.63) is 118 Å². The average molecular weight is 703 g/mol. The summed E-state index contributed by atoms with van der Waals surface area (Å²) in [7, 11) is 0. The fourth-order valence-electron chi connectivity index (χ4n) is 5.16. The summed E-state index contributed by atoms with van der Waals surface area (Å²) in [6, 6.07) is 4.37. The lowest BCUT2D eigenvalue weighted by molar-refractivity contribution is -0.152. The second kappa shape index (κ2) is 18.0. The molecule has 0 fully saturated rings. The quantitative estimate of drug-likeness (QED) is 0.134. The number of nitrogens with two attached hydrogens (primary N) is 1. The molecule has 0 saturated carbocycles. The molecule has 5 rings (SSSR count). The monoisotopic (exact) mass is 702 g/mol.